The van der Waals surface area contributed by atoms with Crippen molar-refractivity contribution in [3.63, 3.8) is 0 Å². The van der Waals surface area contributed by atoms with Crippen molar-refractivity contribution in [3.8, 4) is 0 Å². The molecule has 0 amide bonds. The zero-order valence-corrected chi connectivity index (χ0v) is 6.26. The maximum Gasteiger partial charge on any atom is 0.328 e. The fourth-order valence-electron chi connectivity index (χ4n) is 0.546. The third-order valence-corrected chi connectivity index (χ3v) is 1.07. The molecule has 0 saturated heterocycles. The molecule has 0 bridgehead atoms. The van der Waals surface area contributed by atoms with Crippen LogP contribution in [0.1, 0.15) is 13.3 Å². The van der Waals surface area contributed by atoms with Gasteiger partial charge in [0.1, 0.15) is 0 Å². The van der Waals surface area contributed by atoms with Gasteiger partial charge in [-0.2, -0.15) is 0 Å². The summed E-state index contributed by atoms with van der Waals surface area (Å²) >= 11 is 0. The van der Waals surface area contributed by atoms with Gasteiger partial charge >= 0.3 is 5.97 Å². The van der Waals surface area contributed by atoms with E-state index in [2.05, 4.69) is 0 Å². The van der Waals surface area contributed by atoms with Crippen molar-refractivity contribution in [1.82, 2.24) is 0 Å². The molecule has 0 rings (SSSR count). The molecule has 58 valence electrons. The smallest absolute Gasteiger partial charge is 0.328 e. The van der Waals surface area contributed by atoms with E-state index >= 15 is 0 Å². The van der Waals surface area contributed by atoms with E-state index in [-0.39, 0.29) is 0 Å². The van der Waals surface area contributed by atoms with Crippen LogP contribution in [-0.2, 0) is 9.53 Å². The van der Waals surface area contributed by atoms with Crippen molar-refractivity contribution in [3.05, 3.63) is 11.6 Å². The Labute approximate surface area is 60.3 Å². The van der Waals surface area contributed by atoms with Crippen LogP contribution in [0.25, 0.3) is 0 Å². The number of carbonyl (C=O) groups is 1. The second-order valence-corrected chi connectivity index (χ2v) is 2.07. The molecule has 1 N–H and O–H groups in total. The lowest BCUT2D eigenvalue weighted by Gasteiger charge is -1.96. The molecule has 10 heavy (non-hydrogen) atoms. The fraction of sp³-hybridized carbons (Fsp3) is 0.571. The first-order valence-electron chi connectivity index (χ1n) is 3.06. The van der Waals surface area contributed by atoms with Gasteiger partial charge in [0.05, 0.1) is 0 Å². The van der Waals surface area contributed by atoms with Crippen molar-refractivity contribution in [2.24, 2.45) is 0 Å². The quantitative estimate of drug-likeness (QED) is 0.600. The number of ether oxygens (including phenoxy) is 1. The molecule has 0 unspecified atom stereocenters. The minimum absolute atomic E-state index is 0.579. The van der Waals surface area contributed by atoms with Crippen LogP contribution in [0.4, 0.5) is 0 Å². The molecule has 0 aromatic heterocycles. The third-order valence-electron chi connectivity index (χ3n) is 1.07. The van der Waals surface area contributed by atoms with Crippen molar-refractivity contribution in [2.75, 3.05) is 13.7 Å². The highest BCUT2D eigenvalue weighted by atomic mass is 16.5. The van der Waals surface area contributed by atoms with Crippen LogP contribution in [0, 0.1) is 0 Å². The highest BCUT2D eigenvalue weighted by Crippen LogP contribution is 1.98. The summed E-state index contributed by atoms with van der Waals surface area (Å²) in [5.41, 5.74) is 0.828. The molecule has 0 aliphatic heterocycles. The Bertz CT molecular complexity index is 138. The lowest BCUT2D eigenvalue weighted by molar-refractivity contribution is -0.131. The fourth-order valence-corrected chi connectivity index (χ4v) is 0.546. The summed E-state index contributed by atoms with van der Waals surface area (Å²) < 4.78 is 4.76. The van der Waals surface area contributed by atoms with Crippen LogP contribution in [0.3, 0.4) is 0 Å². The largest absolute Gasteiger partial charge is 0.478 e. The van der Waals surface area contributed by atoms with Gasteiger partial charge in [0.15, 0.2) is 0 Å². The molecule has 0 saturated carbocycles. The van der Waals surface area contributed by atoms with Crippen LogP contribution in [0.2, 0.25) is 0 Å². The van der Waals surface area contributed by atoms with E-state index in [1.807, 2.05) is 0 Å². The molecule has 0 aromatic carbocycles. The van der Waals surface area contributed by atoms with Crippen LogP contribution in [0.15, 0.2) is 11.6 Å². The molecule has 0 aliphatic carbocycles. The second-order valence-electron chi connectivity index (χ2n) is 2.07. The van der Waals surface area contributed by atoms with Gasteiger partial charge in [-0.1, -0.05) is 5.57 Å². The van der Waals surface area contributed by atoms with Crippen LogP contribution in [-0.4, -0.2) is 24.8 Å². The Hall–Kier alpha value is -0.830. The maximum absolute atomic E-state index is 10.1. The standard InChI is InChI=1S/C7H12O3/c1-6(3-4-10-2)5-7(8)9/h5H,3-4H2,1-2H3,(H,8,9)/b6-5+. The van der Waals surface area contributed by atoms with Gasteiger partial charge in [0.2, 0.25) is 0 Å². The van der Waals surface area contributed by atoms with E-state index in [1.54, 1.807) is 14.0 Å². The molecule has 0 radical (unpaired) electrons. The summed E-state index contributed by atoms with van der Waals surface area (Å²) in [6, 6.07) is 0. The highest BCUT2D eigenvalue weighted by molar-refractivity contribution is 5.80. The van der Waals surface area contributed by atoms with E-state index in [0.29, 0.717) is 13.0 Å². The Morgan fingerprint density at radius 1 is 1.70 bits per heavy atom. The average Bonchev–Trinajstić information content (AvgIpc) is 1.82. The van der Waals surface area contributed by atoms with Crippen LogP contribution < -0.4 is 0 Å². The number of hydrogen-bond acceptors (Lipinski definition) is 2. The Morgan fingerprint density at radius 2 is 2.30 bits per heavy atom. The third kappa shape index (κ3) is 5.31. The summed E-state index contributed by atoms with van der Waals surface area (Å²) in [6.45, 7) is 2.35. The summed E-state index contributed by atoms with van der Waals surface area (Å²) in [5, 5.41) is 8.27. The number of carboxylic acids is 1. The molecule has 0 fully saturated rings. The zero-order chi connectivity index (χ0) is 7.98. The van der Waals surface area contributed by atoms with Gasteiger partial charge < -0.3 is 9.84 Å². The van der Waals surface area contributed by atoms with Crippen LogP contribution in [0.5, 0.6) is 0 Å². The van der Waals surface area contributed by atoms with Crippen molar-refractivity contribution < 1.29 is 14.6 Å². The first-order valence-corrected chi connectivity index (χ1v) is 3.06. The van der Waals surface area contributed by atoms with Gasteiger partial charge in [0, 0.05) is 19.8 Å². The van der Waals surface area contributed by atoms with Gasteiger partial charge in [-0.3, -0.25) is 0 Å². The SMILES string of the molecule is COCC/C(C)=C/C(=O)O. The molecule has 3 heteroatoms. The predicted molar refractivity (Wildman–Crippen MR) is 37.9 cm³/mol. The second kappa shape index (κ2) is 4.99. The average molecular weight is 144 g/mol. The monoisotopic (exact) mass is 144 g/mol. The first kappa shape index (κ1) is 9.17. The minimum Gasteiger partial charge on any atom is -0.478 e. The van der Waals surface area contributed by atoms with Gasteiger partial charge in [0.25, 0.3) is 0 Å². The molecule has 3 nitrogen and oxygen atoms in total. The van der Waals surface area contributed by atoms with E-state index in [1.165, 1.54) is 6.08 Å². The Balaban J connectivity index is 3.60. The molecule has 0 aliphatic rings. The zero-order valence-electron chi connectivity index (χ0n) is 6.26. The van der Waals surface area contributed by atoms with E-state index < -0.39 is 5.97 Å². The Kier molecular flexibility index (Phi) is 4.58. The number of hydrogen-bond donors (Lipinski definition) is 1. The van der Waals surface area contributed by atoms with Crippen LogP contribution >= 0.6 is 0 Å². The highest BCUT2D eigenvalue weighted by Gasteiger charge is 1.92. The molecular formula is C7H12O3. The maximum atomic E-state index is 10.1. The summed E-state index contributed by atoms with van der Waals surface area (Å²) in [4.78, 5) is 10.1. The van der Waals surface area contributed by atoms with Gasteiger partial charge in [-0.15, -0.1) is 0 Å². The summed E-state index contributed by atoms with van der Waals surface area (Å²) in [7, 11) is 1.59. The molecule has 0 aromatic rings. The van der Waals surface area contributed by atoms with Crippen molar-refractivity contribution in [2.45, 2.75) is 13.3 Å². The summed E-state index contributed by atoms with van der Waals surface area (Å²) in [6.07, 6.45) is 1.88. The minimum atomic E-state index is -0.895. The number of rotatable bonds is 4. The lowest BCUT2D eigenvalue weighted by Crippen LogP contribution is -1.93. The molecule has 0 heterocycles. The lowest BCUT2D eigenvalue weighted by atomic mass is 10.2. The van der Waals surface area contributed by atoms with E-state index in [0.717, 1.165) is 5.57 Å². The first-order chi connectivity index (χ1) is 4.66. The number of methoxy groups -OCH3 is 1. The van der Waals surface area contributed by atoms with Gasteiger partial charge in [-0.25, -0.2) is 4.79 Å². The topological polar surface area (TPSA) is 46.5 Å². The molecular weight excluding hydrogens is 132 g/mol. The predicted octanol–water partition coefficient (Wildman–Crippen LogP) is 1.05. The normalized spacial score (nSPS) is 11.6. The van der Waals surface area contributed by atoms with Crippen molar-refractivity contribution in [1.29, 1.82) is 0 Å². The molecule has 0 spiro atoms. The number of carboxylic acid groups (broad SMARTS) is 1. The van der Waals surface area contributed by atoms with Gasteiger partial charge in [-0.05, 0) is 13.3 Å². The van der Waals surface area contributed by atoms with E-state index in [4.69, 9.17) is 9.84 Å². The van der Waals surface area contributed by atoms with Crippen molar-refractivity contribution >= 4 is 5.97 Å². The summed E-state index contributed by atoms with van der Waals surface area (Å²) in [5.74, 6) is -0.895. The number of aliphatic carboxylic acids is 1. The Morgan fingerprint density at radius 3 is 2.70 bits per heavy atom. The molecule has 0 atom stereocenters. The van der Waals surface area contributed by atoms with E-state index in [9.17, 15) is 4.79 Å².